The van der Waals surface area contributed by atoms with Crippen LogP contribution in [0.1, 0.15) is 19.8 Å². The Morgan fingerprint density at radius 2 is 2.05 bits per heavy atom. The van der Waals surface area contributed by atoms with Crippen molar-refractivity contribution in [3.8, 4) is 0 Å². The van der Waals surface area contributed by atoms with E-state index in [9.17, 15) is 28.5 Å². The zero-order chi connectivity index (χ0) is 16.9. The van der Waals surface area contributed by atoms with Crippen molar-refractivity contribution in [1.29, 1.82) is 0 Å². The van der Waals surface area contributed by atoms with Crippen LogP contribution in [0, 0.1) is 21.7 Å². The Kier molecular flexibility index (Phi) is 5.72. The summed E-state index contributed by atoms with van der Waals surface area (Å²) in [5, 5.41) is 19.8. The molecule has 0 heterocycles. The number of imide groups is 1. The summed E-state index contributed by atoms with van der Waals surface area (Å²) in [6.45, 7) is 1.65. The molecule has 0 aliphatic rings. The molecular formula is C12H12F2N2O6. The van der Waals surface area contributed by atoms with E-state index >= 15 is 0 Å². The largest absolute Gasteiger partial charge is 0.464 e. The predicted molar refractivity (Wildman–Crippen MR) is 69.8 cm³/mol. The van der Waals surface area contributed by atoms with E-state index in [0.29, 0.717) is 18.9 Å². The number of nitro benzene ring substituents is 1. The molecular weight excluding hydrogens is 306 g/mol. The third kappa shape index (κ3) is 3.87. The van der Waals surface area contributed by atoms with Crippen molar-refractivity contribution in [3.63, 3.8) is 0 Å². The van der Waals surface area contributed by atoms with Crippen LogP contribution < -0.4 is 4.90 Å². The summed E-state index contributed by atoms with van der Waals surface area (Å²) in [5.74, 6) is -2.88. The average Bonchev–Trinajstić information content (AvgIpc) is 2.37. The molecule has 2 amide bonds. The van der Waals surface area contributed by atoms with Gasteiger partial charge in [-0.25, -0.2) is 14.0 Å². The molecule has 10 heteroatoms. The van der Waals surface area contributed by atoms with E-state index in [1.807, 2.05) is 0 Å². The number of halogens is 2. The van der Waals surface area contributed by atoms with Gasteiger partial charge in [0.15, 0.2) is 0 Å². The Bertz CT molecular complexity index is 608. The second-order valence-corrected chi connectivity index (χ2v) is 4.10. The molecule has 0 aromatic heterocycles. The van der Waals surface area contributed by atoms with Crippen LogP contribution in [-0.4, -0.2) is 28.8 Å². The van der Waals surface area contributed by atoms with Gasteiger partial charge in [0.1, 0.15) is 11.5 Å². The molecule has 0 spiro atoms. The minimum atomic E-state index is -1.96. The van der Waals surface area contributed by atoms with E-state index in [-0.39, 0.29) is 17.6 Å². The number of rotatable bonds is 5. The fourth-order valence-corrected chi connectivity index (χ4v) is 1.55. The highest BCUT2D eigenvalue weighted by molar-refractivity contribution is 6.10. The first-order chi connectivity index (χ1) is 10.3. The Labute approximate surface area is 123 Å². The highest BCUT2D eigenvalue weighted by Gasteiger charge is 2.34. The van der Waals surface area contributed by atoms with E-state index in [1.165, 1.54) is 0 Å². The number of carbonyl (C=O) groups excluding carboxylic acids is 1. The maximum absolute atomic E-state index is 13.5. The van der Waals surface area contributed by atoms with Crippen molar-refractivity contribution < 1.29 is 33.1 Å². The highest BCUT2D eigenvalue weighted by Crippen LogP contribution is 2.32. The molecule has 22 heavy (non-hydrogen) atoms. The second-order valence-electron chi connectivity index (χ2n) is 4.10. The Morgan fingerprint density at radius 3 is 2.55 bits per heavy atom. The van der Waals surface area contributed by atoms with Gasteiger partial charge in [0.25, 0.3) is 0 Å². The highest BCUT2D eigenvalue weighted by atomic mass is 19.1. The summed E-state index contributed by atoms with van der Waals surface area (Å²) >= 11 is 0. The Hall–Kier alpha value is -2.78. The standard InChI is InChI=1S/C12H12F2N2O6/c1-2-3-4-22-12(19)15(11(17)18)9-6-7(13)5-8(14)10(9)16(20)21/h5-6H,2-4H2,1H3,(H,17,18). The van der Waals surface area contributed by atoms with E-state index in [1.54, 1.807) is 6.92 Å². The number of anilines is 1. The molecule has 0 atom stereocenters. The van der Waals surface area contributed by atoms with Crippen molar-refractivity contribution in [2.45, 2.75) is 19.8 Å². The van der Waals surface area contributed by atoms with Gasteiger partial charge in [-0.15, -0.1) is 0 Å². The van der Waals surface area contributed by atoms with Gasteiger partial charge in [0.05, 0.1) is 11.5 Å². The maximum Gasteiger partial charge on any atom is 0.424 e. The summed E-state index contributed by atoms with van der Waals surface area (Å²) in [7, 11) is 0. The van der Waals surface area contributed by atoms with Crippen LogP contribution in [0.15, 0.2) is 12.1 Å². The van der Waals surface area contributed by atoms with Crippen molar-refractivity contribution in [1.82, 2.24) is 0 Å². The zero-order valence-electron chi connectivity index (χ0n) is 11.4. The SMILES string of the molecule is CCCCOC(=O)N(C(=O)O)c1cc(F)cc(F)c1[N+](=O)[O-]. The molecule has 0 radical (unpaired) electrons. The van der Waals surface area contributed by atoms with Gasteiger partial charge < -0.3 is 9.84 Å². The molecule has 0 aliphatic heterocycles. The van der Waals surface area contributed by atoms with Crippen molar-refractivity contribution in [2.24, 2.45) is 0 Å². The zero-order valence-corrected chi connectivity index (χ0v) is 11.4. The lowest BCUT2D eigenvalue weighted by molar-refractivity contribution is -0.386. The van der Waals surface area contributed by atoms with Crippen LogP contribution in [-0.2, 0) is 4.74 Å². The molecule has 0 saturated carbocycles. The third-order valence-corrected chi connectivity index (χ3v) is 2.53. The summed E-state index contributed by atoms with van der Waals surface area (Å²) in [6.07, 6.45) is -2.36. The molecule has 0 unspecified atom stereocenters. The minimum Gasteiger partial charge on any atom is -0.464 e. The van der Waals surface area contributed by atoms with Gasteiger partial charge in [0.2, 0.25) is 5.82 Å². The van der Waals surface area contributed by atoms with Gasteiger partial charge in [0, 0.05) is 12.1 Å². The fourth-order valence-electron chi connectivity index (χ4n) is 1.55. The third-order valence-electron chi connectivity index (χ3n) is 2.53. The topological polar surface area (TPSA) is 110 Å². The van der Waals surface area contributed by atoms with Crippen LogP contribution in [0.3, 0.4) is 0 Å². The molecule has 0 bridgehead atoms. The lowest BCUT2D eigenvalue weighted by Crippen LogP contribution is -2.37. The van der Waals surface area contributed by atoms with Gasteiger partial charge in [-0.2, -0.15) is 9.29 Å². The Morgan fingerprint density at radius 1 is 1.41 bits per heavy atom. The number of nitro groups is 1. The average molecular weight is 318 g/mol. The first kappa shape index (κ1) is 17.3. The number of amides is 2. The quantitative estimate of drug-likeness (QED) is 0.506. The summed E-state index contributed by atoms with van der Waals surface area (Å²) < 4.78 is 31.3. The lowest BCUT2D eigenvalue weighted by atomic mass is 10.2. The summed E-state index contributed by atoms with van der Waals surface area (Å²) in [5.41, 5.74) is -2.40. The number of benzene rings is 1. The molecule has 120 valence electrons. The molecule has 1 aromatic rings. The number of hydrogen-bond donors (Lipinski definition) is 1. The number of carboxylic acid groups (broad SMARTS) is 1. The smallest absolute Gasteiger partial charge is 0.424 e. The molecule has 8 nitrogen and oxygen atoms in total. The number of nitrogens with zero attached hydrogens (tertiary/aromatic N) is 2. The lowest BCUT2D eigenvalue weighted by Gasteiger charge is -2.17. The molecule has 0 fully saturated rings. The summed E-state index contributed by atoms with van der Waals surface area (Å²) in [6, 6.07) is 0.584. The molecule has 1 rings (SSSR count). The normalized spacial score (nSPS) is 10.1. The van der Waals surface area contributed by atoms with Crippen molar-refractivity contribution >= 4 is 23.6 Å². The first-order valence-electron chi connectivity index (χ1n) is 6.12. The second kappa shape index (κ2) is 7.29. The van der Waals surface area contributed by atoms with Crippen LogP contribution in [0.25, 0.3) is 0 Å². The van der Waals surface area contributed by atoms with Crippen molar-refractivity contribution in [3.05, 3.63) is 33.9 Å². The maximum atomic E-state index is 13.5. The number of hydrogen-bond acceptors (Lipinski definition) is 5. The first-order valence-corrected chi connectivity index (χ1v) is 6.12. The van der Waals surface area contributed by atoms with E-state index in [0.717, 1.165) is 0 Å². The van der Waals surface area contributed by atoms with Crippen molar-refractivity contribution in [2.75, 3.05) is 11.5 Å². The number of ether oxygens (including phenoxy) is 1. The fraction of sp³-hybridized carbons (Fsp3) is 0.333. The van der Waals surface area contributed by atoms with E-state index < -0.39 is 40.1 Å². The van der Waals surface area contributed by atoms with Gasteiger partial charge in [-0.1, -0.05) is 13.3 Å². The summed E-state index contributed by atoms with van der Waals surface area (Å²) in [4.78, 5) is 32.2. The number of unbranched alkanes of at least 4 members (excludes halogenated alkanes) is 1. The monoisotopic (exact) mass is 318 g/mol. The molecule has 0 aliphatic carbocycles. The van der Waals surface area contributed by atoms with Gasteiger partial charge in [-0.05, 0) is 6.42 Å². The van der Waals surface area contributed by atoms with Crippen LogP contribution in [0.5, 0.6) is 0 Å². The van der Waals surface area contributed by atoms with Crippen LogP contribution >= 0.6 is 0 Å². The molecule has 0 saturated heterocycles. The molecule has 1 N–H and O–H groups in total. The Balaban J connectivity index is 3.30. The van der Waals surface area contributed by atoms with E-state index in [2.05, 4.69) is 4.74 Å². The number of carbonyl (C=O) groups is 2. The minimum absolute atomic E-state index is 0.134. The van der Waals surface area contributed by atoms with Crippen LogP contribution in [0.2, 0.25) is 0 Å². The molecule has 1 aromatic carbocycles. The predicted octanol–water partition coefficient (Wildman–Crippen LogP) is 3.29. The van der Waals surface area contributed by atoms with Gasteiger partial charge in [-0.3, -0.25) is 10.1 Å². The van der Waals surface area contributed by atoms with E-state index in [4.69, 9.17) is 5.11 Å². The van der Waals surface area contributed by atoms with Crippen LogP contribution in [0.4, 0.5) is 29.7 Å². The van der Waals surface area contributed by atoms with Gasteiger partial charge >= 0.3 is 17.9 Å².